The molecule has 31 heavy (non-hydrogen) atoms. The molecular formula is C27H30BrO2P. The van der Waals surface area contributed by atoms with Crippen LogP contribution in [0.1, 0.15) is 66.5 Å². The lowest BCUT2D eigenvalue weighted by Gasteiger charge is -2.27. The van der Waals surface area contributed by atoms with Crippen molar-refractivity contribution >= 4 is 24.0 Å². The van der Waals surface area contributed by atoms with Crippen LogP contribution in [0.15, 0.2) is 91.0 Å². The van der Waals surface area contributed by atoms with E-state index in [1.807, 2.05) is 66.7 Å². The van der Waals surface area contributed by atoms with Gasteiger partial charge in [-0.25, -0.2) is 0 Å². The fourth-order valence-electron chi connectivity index (χ4n) is 4.25. The zero-order valence-corrected chi connectivity index (χ0v) is 20.3. The summed E-state index contributed by atoms with van der Waals surface area (Å²) in [5.41, 5.74) is 3.06. The van der Waals surface area contributed by atoms with E-state index in [-0.39, 0.29) is 0 Å². The maximum Gasteiger partial charge on any atom is 0.325 e. The van der Waals surface area contributed by atoms with E-state index in [1.165, 1.54) is 18.4 Å². The summed E-state index contributed by atoms with van der Waals surface area (Å²) in [6.07, 6.45) is 7.14. The topological polar surface area (TPSA) is 40.1 Å². The van der Waals surface area contributed by atoms with Gasteiger partial charge in [0.25, 0.3) is 0 Å². The minimum Gasteiger partial charge on any atom is -0.595 e. The molecule has 3 rings (SSSR count). The standard InChI is InChI=1S/C27H30BrO2P/c28-26(23-15-7-4-8-16-23)21-13-2-1-3-14-22-27(31(29)30,24-17-9-5-10-18-24)25-19-11-6-12-20-25/h4-12,15-20,26H,1-3,13-14,21-22H2. The third kappa shape index (κ3) is 6.35. The van der Waals surface area contributed by atoms with Crippen LogP contribution < -0.4 is 4.89 Å². The fraction of sp³-hybridized carbons (Fsp3) is 0.333. The van der Waals surface area contributed by atoms with Crippen LogP contribution in [0, 0.1) is 0 Å². The molecule has 0 saturated heterocycles. The van der Waals surface area contributed by atoms with Gasteiger partial charge in [-0.1, -0.05) is 137 Å². The van der Waals surface area contributed by atoms with Crippen molar-refractivity contribution < 1.29 is 9.46 Å². The molecule has 162 valence electrons. The summed E-state index contributed by atoms with van der Waals surface area (Å²) in [5, 5.41) is -0.952. The molecule has 0 spiro atoms. The Labute approximate surface area is 195 Å². The number of unbranched alkanes of at least 4 members (excludes halogenated alkanes) is 4. The average molecular weight is 497 g/mol. The summed E-state index contributed by atoms with van der Waals surface area (Å²) in [7, 11) is -2.67. The Morgan fingerprint density at radius 3 is 1.68 bits per heavy atom. The van der Waals surface area contributed by atoms with Crippen molar-refractivity contribution in [2.75, 3.05) is 0 Å². The highest BCUT2D eigenvalue weighted by Crippen LogP contribution is 2.51. The third-order valence-corrected chi connectivity index (χ3v) is 8.32. The van der Waals surface area contributed by atoms with E-state index >= 15 is 0 Å². The summed E-state index contributed by atoms with van der Waals surface area (Å²) >= 11 is 3.80. The number of hydrogen-bond donors (Lipinski definition) is 0. The lowest BCUT2D eigenvalue weighted by Crippen LogP contribution is -2.27. The third-order valence-electron chi connectivity index (χ3n) is 5.97. The molecule has 3 aromatic rings. The van der Waals surface area contributed by atoms with Gasteiger partial charge in [-0.05, 0) is 18.4 Å². The number of rotatable bonds is 12. The van der Waals surface area contributed by atoms with Crippen molar-refractivity contribution in [2.24, 2.45) is 0 Å². The summed E-state index contributed by atoms with van der Waals surface area (Å²) in [6.45, 7) is 0. The summed E-state index contributed by atoms with van der Waals surface area (Å²) in [6, 6.07) is 29.9. The van der Waals surface area contributed by atoms with Gasteiger partial charge < -0.3 is 4.89 Å². The van der Waals surface area contributed by atoms with Gasteiger partial charge in [0.05, 0.1) is 0 Å². The molecule has 0 bridgehead atoms. The molecule has 0 saturated carbocycles. The first-order valence-electron chi connectivity index (χ1n) is 11.1. The number of halogens is 1. The van der Waals surface area contributed by atoms with Crippen molar-refractivity contribution in [1.29, 1.82) is 0 Å². The molecule has 4 heteroatoms. The Bertz CT molecular complexity index is 876. The van der Waals surface area contributed by atoms with Crippen molar-refractivity contribution in [3.63, 3.8) is 0 Å². The van der Waals surface area contributed by atoms with Crippen LogP contribution >= 0.6 is 24.0 Å². The molecule has 0 aliphatic carbocycles. The molecule has 0 N–H and O–H groups in total. The molecule has 2 atom stereocenters. The van der Waals surface area contributed by atoms with E-state index in [4.69, 9.17) is 0 Å². The molecule has 0 fully saturated rings. The predicted octanol–water partition coefficient (Wildman–Crippen LogP) is 7.90. The molecule has 0 aliphatic rings. The largest absolute Gasteiger partial charge is 0.595 e. The molecule has 2 nitrogen and oxygen atoms in total. The first-order chi connectivity index (χ1) is 15.1. The van der Waals surface area contributed by atoms with E-state index in [9.17, 15) is 9.46 Å². The lowest BCUT2D eigenvalue weighted by molar-refractivity contribution is -0.169. The normalized spacial score (nSPS) is 13.0. The molecule has 2 unspecified atom stereocenters. The van der Waals surface area contributed by atoms with Crippen molar-refractivity contribution in [3.05, 3.63) is 108 Å². The van der Waals surface area contributed by atoms with E-state index < -0.39 is 13.2 Å². The van der Waals surface area contributed by atoms with Crippen molar-refractivity contribution in [1.82, 2.24) is 0 Å². The van der Waals surface area contributed by atoms with Crippen molar-refractivity contribution in [3.8, 4) is 0 Å². The van der Waals surface area contributed by atoms with Crippen LogP contribution in [0.5, 0.6) is 0 Å². The minimum atomic E-state index is -2.67. The highest BCUT2D eigenvalue weighted by atomic mass is 79.9. The van der Waals surface area contributed by atoms with Crippen LogP contribution in [0.25, 0.3) is 0 Å². The Morgan fingerprint density at radius 1 is 0.710 bits per heavy atom. The van der Waals surface area contributed by atoms with Crippen LogP contribution in [0.3, 0.4) is 0 Å². The molecule has 0 radical (unpaired) electrons. The average Bonchev–Trinajstić information content (AvgIpc) is 2.82. The zero-order chi connectivity index (χ0) is 21.9. The van der Waals surface area contributed by atoms with Gasteiger partial charge in [-0.3, -0.25) is 0 Å². The minimum absolute atomic E-state index is 0.405. The monoisotopic (exact) mass is 496 g/mol. The van der Waals surface area contributed by atoms with Gasteiger partial charge in [-0.2, -0.15) is 0 Å². The second kappa shape index (κ2) is 12.3. The number of benzene rings is 3. The zero-order valence-electron chi connectivity index (χ0n) is 17.8. The molecule has 0 aliphatic heterocycles. The molecule has 0 aromatic heterocycles. The lowest BCUT2D eigenvalue weighted by atomic mass is 9.85. The van der Waals surface area contributed by atoms with Crippen LogP contribution in [0.2, 0.25) is 0 Å². The number of alkyl halides is 1. The van der Waals surface area contributed by atoms with E-state index in [0.717, 1.165) is 36.8 Å². The maximum atomic E-state index is 12.6. The first kappa shape index (κ1) is 23.9. The van der Waals surface area contributed by atoms with Gasteiger partial charge in [0, 0.05) is 22.4 Å². The SMILES string of the molecule is O=[P+]([O-])C(CCCCCCCC(Br)c1ccccc1)(c1ccccc1)c1ccccc1. The fourth-order valence-corrected chi connectivity index (χ4v) is 5.94. The van der Waals surface area contributed by atoms with Gasteiger partial charge in [0.1, 0.15) is 0 Å². The summed E-state index contributed by atoms with van der Waals surface area (Å²) in [5.74, 6) is 0. The number of hydrogen-bond acceptors (Lipinski definition) is 2. The molecular weight excluding hydrogens is 467 g/mol. The predicted molar refractivity (Wildman–Crippen MR) is 132 cm³/mol. The van der Waals surface area contributed by atoms with E-state index in [0.29, 0.717) is 11.2 Å². The Hall–Kier alpha value is -1.80. The Balaban J connectivity index is 1.55. The smallest absolute Gasteiger partial charge is 0.325 e. The molecule has 0 amide bonds. The van der Waals surface area contributed by atoms with Crippen LogP contribution in [0.4, 0.5) is 0 Å². The van der Waals surface area contributed by atoms with E-state index in [1.54, 1.807) is 0 Å². The van der Waals surface area contributed by atoms with Gasteiger partial charge in [0.15, 0.2) is 0 Å². The Morgan fingerprint density at radius 2 is 1.16 bits per heavy atom. The molecule has 3 aromatic carbocycles. The highest BCUT2D eigenvalue weighted by Gasteiger charge is 2.46. The van der Waals surface area contributed by atoms with Crippen molar-refractivity contribution in [2.45, 2.75) is 54.9 Å². The van der Waals surface area contributed by atoms with Gasteiger partial charge in [0.2, 0.25) is 5.16 Å². The second-order valence-corrected chi connectivity index (χ2v) is 10.4. The summed E-state index contributed by atoms with van der Waals surface area (Å²) in [4.78, 5) is 13.0. The highest BCUT2D eigenvalue weighted by molar-refractivity contribution is 9.09. The first-order valence-corrected chi connectivity index (χ1v) is 13.2. The van der Waals surface area contributed by atoms with E-state index in [2.05, 4.69) is 40.2 Å². The Kier molecular flexibility index (Phi) is 9.46. The van der Waals surface area contributed by atoms with Gasteiger partial charge >= 0.3 is 8.03 Å². The van der Waals surface area contributed by atoms with Crippen LogP contribution in [-0.4, -0.2) is 0 Å². The molecule has 0 heterocycles. The quantitative estimate of drug-likeness (QED) is 0.145. The second-order valence-electron chi connectivity index (χ2n) is 8.03. The van der Waals surface area contributed by atoms with Crippen LogP contribution in [-0.2, 0) is 9.72 Å². The van der Waals surface area contributed by atoms with Gasteiger partial charge in [-0.15, -0.1) is 0 Å². The summed E-state index contributed by atoms with van der Waals surface area (Å²) < 4.78 is 12.6. The maximum absolute atomic E-state index is 12.6.